The molecule has 0 bridgehead atoms. The maximum atomic E-state index is 11.9. The van der Waals surface area contributed by atoms with Crippen molar-refractivity contribution in [3.05, 3.63) is 34.9 Å². The zero-order chi connectivity index (χ0) is 13.2. The third-order valence-electron chi connectivity index (χ3n) is 3.99. The van der Waals surface area contributed by atoms with Crippen LogP contribution in [0.2, 0.25) is 0 Å². The number of nitrogens with one attached hydrogen (secondary N) is 1. The number of ether oxygens (including phenoxy) is 1. The van der Waals surface area contributed by atoms with Gasteiger partial charge in [-0.05, 0) is 36.5 Å². The van der Waals surface area contributed by atoms with Gasteiger partial charge in [0.15, 0.2) is 0 Å². The maximum Gasteiger partial charge on any atom is 0.251 e. The van der Waals surface area contributed by atoms with E-state index in [1.807, 2.05) is 12.1 Å². The highest BCUT2D eigenvalue weighted by molar-refractivity contribution is 6.21. The van der Waals surface area contributed by atoms with Crippen molar-refractivity contribution in [2.24, 2.45) is 5.92 Å². The van der Waals surface area contributed by atoms with Gasteiger partial charge in [-0.1, -0.05) is 12.1 Å². The summed E-state index contributed by atoms with van der Waals surface area (Å²) in [5, 5.41) is 2.81. The number of rotatable bonds is 2. The Bertz CT molecular complexity index is 483. The SMILES string of the molecule is O=C1NCCc2ccc(C(Cl)C3CCCOC3)cc21. The van der Waals surface area contributed by atoms with E-state index >= 15 is 0 Å². The van der Waals surface area contributed by atoms with E-state index in [1.54, 1.807) is 0 Å². The van der Waals surface area contributed by atoms with Gasteiger partial charge in [0, 0.05) is 24.6 Å². The van der Waals surface area contributed by atoms with Gasteiger partial charge >= 0.3 is 0 Å². The van der Waals surface area contributed by atoms with Gasteiger partial charge < -0.3 is 10.1 Å². The molecule has 0 spiro atoms. The summed E-state index contributed by atoms with van der Waals surface area (Å²) in [5.41, 5.74) is 2.94. The molecule has 1 aromatic carbocycles. The average molecular weight is 280 g/mol. The van der Waals surface area contributed by atoms with E-state index in [2.05, 4.69) is 11.4 Å². The van der Waals surface area contributed by atoms with Gasteiger partial charge in [-0.3, -0.25) is 4.79 Å². The Kier molecular flexibility index (Phi) is 3.76. The van der Waals surface area contributed by atoms with Gasteiger partial charge in [0.2, 0.25) is 0 Å². The highest BCUT2D eigenvalue weighted by Crippen LogP contribution is 2.35. The van der Waals surface area contributed by atoms with E-state index in [4.69, 9.17) is 16.3 Å². The lowest BCUT2D eigenvalue weighted by Gasteiger charge is -2.27. The van der Waals surface area contributed by atoms with Crippen molar-refractivity contribution < 1.29 is 9.53 Å². The lowest BCUT2D eigenvalue weighted by molar-refractivity contribution is 0.0531. The third-order valence-corrected chi connectivity index (χ3v) is 4.59. The Hall–Kier alpha value is -1.06. The molecule has 1 N–H and O–H groups in total. The highest BCUT2D eigenvalue weighted by atomic mass is 35.5. The van der Waals surface area contributed by atoms with Crippen molar-refractivity contribution >= 4 is 17.5 Å². The van der Waals surface area contributed by atoms with Crippen molar-refractivity contribution in [1.82, 2.24) is 5.32 Å². The molecule has 2 atom stereocenters. The van der Waals surface area contributed by atoms with E-state index in [1.165, 1.54) is 0 Å². The van der Waals surface area contributed by atoms with Gasteiger partial charge in [-0.2, -0.15) is 0 Å². The molecular weight excluding hydrogens is 262 g/mol. The predicted molar refractivity (Wildman–Crippen MR) is 74.6 cm³/mol. The zero-order valence-corrected chi connectivity index (χ0v) is 11.6. The van der Waals surface area contributed by atoms with Crippen LogP contribution >= 0.6 is 11.6 Å². The van der Waals surface area contributed by atoms with Gasteiger partial charge in [0.25, 0.3) is 5.91 Å². The van der Waals surface area contributed by atoms with Crippen molar-refractivity contribution in [3.8, 4) is 0 Å². The average Bonchev–Trinajstić information content (AvgIpc) is 2.47. The number of hydrogen-bond donors (Lipinski definition) is 1. The summed E-state index contributed by atoms with van der Waals surface area (Å²) in [7, 11) is 0. The lowest BCUT2D eigenvalue weighted by atomic mass is 9.90. The van der Waals surface area contributed by atoms with Crippen LogP contribution in [0.3, 0.4) is 0 Å². The molecule has 3 nitrogen and oxygen atoms in total. The number of alkyl halides is 1. The minimum absolute atomic E-state index is 0.0202. The second-order valence-electron chi connectivity index (χ2n) is 5.30. The van der Waals surface area contributed by atoms with Crippen LogP contribution < -0.4 is 5.32 Å². The van der Waals surface area contributed by atoms with Crippen LogP contribution in [-0.4, -0.2) is 25.7 Å². The minimum Gasteiger partial charge on any atom is -0.381 e. The van der Waals surface area contributed by atoms with E-state index in [0.29, 0.717) is 5.92 Å². The van der Waals surface area contributed by atoms with Crippen LogP contribution in [0.4, 0.5) is 0 Å². The molecule has 0 aromatic heterocycles. The second-order valence-corrected chi connectivity index (χ2v) is 5.77. The fourth-order valence-electron chi connectivity index (χ4n) is 2.87. The van der Waals surface area contributed by atoms with Crippen LogP contribution in [0.1, 0.15) is 39.7 Å². The number of carbonyl (C=O) groups is 1. The fourth-order valence-corrected chi connectivity index (χ4v) is 3.20. The van der Waals surface area contributed by atoms with Crippen molar-refractivity contribution in [3.63, 3.8) is 0 Å². The zero-order valence-electron chi connectivity index (χ0n) is 10.8. The molecule has 0 saturated carbocycles. The monoisotopic (exact) mass is 279 g/mol. The van der Waals surface area contributed by atoms with Crippen molar-refractivity contribution in [1.29, 1.82) is 0 Å². The molecule has 4 heteroatoms. The summed E-state index contributed by atoms with van der Waals surface area (Å²) < 4.78 is 5.49. The van der Waals surface area contributed by atoms with Gasteiger partial charge in [-0.25, -0.2) is 0 Å². The highest BCUT2D eigenvalue weighted by Gasteiger charge is 2.25. The molecule has 2 aliphatic heterocycles. The quantitative estimate of drug-likeness (QED) is 0.846. The molecule has 1 fully saturated rings. The summed E-state index contributed by atoms with van der Waals surface area (Å²) in [4.78, 5) is 11.9. The molecule has 0 aliphatic carbocycles. The summed E-state index contributed by atoms with van der Waals surface area (Å²) in [6.45, 7) is 2.29. The number of hydrogen-bond acceptors (Lipinski definition) is 2. The molecule has 19 heavy (non-hydrogen) atoms. The first-order chi connectivity index (χ1) is 9.25. The Balaban J connectivity index is 1.84. The Morgan fingerprint density at radius 1 is 1.42 bits per heavy atom. The number of benzene rings is 1. The summed E-state index contributed by atoms with van der Waals surface area (Å²) in [5.74, 6) is 0.368. The summed E-state index contributed by atoms with van der Waals surface area (Å²) in [6, 6.07) is 6.06. The molecule has 1 amide bonds. The summed E-state index contributed by atoms with van der Waals surface area (Å²) >= 11 is 6.56. The largest absolute Gasteiger partial charge is 0.381 e. The second kappa shape index (κ2) is 5.51. The molecule has 2 unspecified atom stereocenters. The Morgan fingerprint density at radius 3 is 3.11 bits per heavy atom. The molecule has 1 aromatic rings. The van der Waals surface area contributed by atoms with Crippen molar-refractivity contribution in [2.45, 2.75) is 24.6 Å². The first kappa shape index (κ1) is 12.9. The van der Waals surface area contributed by atoms with Gasteiger partial charge in [-0.15, -0.1) is 11.6 Å². The minimum atomic E-state index is -0.0691. The van der Waals surface area contributed by atoms with E-state index < -0.39 is 0 Å². The normalized spacial score (nSPS) is 24.5. The van der Waals surface area contributed by atoms with E-state index in [-0.39, 0.29) is 11.3 Å². The number of fused-ring (bicyclic) bond motifs is 1. The first-order valence-electron chi connectivity index (χ1n) is 6.88. The van der Waals surface area contributed by atoms with Crippen LogP contribution in [-0.2, 0) is 11.2 Å². The number of halogens is 1. The van der Waals surface area contributed by atoms with Crippen LogP contribution in [0.25, 0.3) is 0 Å². The van der Waals surface area contributed by atoms with E-state index in [9.17, 15) is 4.79 Å². The fraction of sp³-hybridized carbons (Fsp3) is 0.533. The van der Waals surface area contributed by atoms with E-state index in [0.717, 1.165) is 55.7 Å². The molecule has 0 radical (unpaired) electrons. The number of amides is 1. The third kappa shape index (κ3) is 2.63. The van der Waals surface area contributed by atoms with Gasteiger partial charge in [0.1, 0.15) is 0 Å². The maximum absolute atomic E-state index is 11.9. The Morgan fingerprint density at radius 2 is 2.32 bits per heavy atom. The van der Waals surface area contributed by atoms with Crippen molar-refractivity contribution in [2.75, 3.05) is 19.8 Å². The molecular formula is C15H18ClNO2. The van der Waals surface area contributed by atoms with Crippen LogP contribution in [0, 0.1) is 5.92 Å². The standard InChI is InChI=1S/C15H18ClNO2/c16-14(12-2-1-7-19-9-12)11-4-3-10-5-6-17-15(18)13(10)8-11/h3-4,8,12,14H,1-2,5-7,9H2,(H,17,18). The summed E-state index contributed by atoms with van der Waals surface area (Å²) in [6.07, 6.45) is 3.07. The molecule has 3 rings (SSSR count). The molecule has 2 heterocycles. The number of carbonyl (C=O) groups excluding carboxylic acids is 1. The van der Waals surface area contributed by atoms with Gasteiger partial charge in [0.05, 0.1) is 12.0 Å². The Labute approximate surface area is 118 Å². The predicted octanol–water partition coefficient (Wildman–Crippen LogP) is 2.68. The smallest absolute Gasteiger partial charge is 0.251 e. The lowest BCUT2D eigenvalue weighted by Crippen LogP contribution is -2.32. The molecule has 102 valence electrons. The first-order valence-corrected chi connectivity index (χ1v) is 7.32. The van der Waals surface area contributed by atoms with Crippen LogP contribution in [0.15, 0.2) is 18.2 Å². The topological polar surface area (TPSA) is 38.3 Å². The van der Waals surface area contributed by atoms with Crippen LogP contribution in [0.5, 0.6) is 0 Å². The molecule has 1 saturated heterocycles. The molecule has 2 aliphatic rings.